The number of methoxy groups -OCH3 is 1. The van der Waals surface area contributed by atoms with Crippen LogP contribution >= 0.6 is 0 Å². The van der Waals surface area contributed by atoms with Gasteiger partial charge < -0.3 is 4.74 Å². The number of nitro benzene ring substituents is 1. The van der Waals surface area contributed by atoms with Crippen LogP contribution in [-0.4, -0.2) is 18.0 Å². The third-order valence-electron chi connectivity index (χ3n) is 2.51. The van der Waals surface area contributed by atoms with Crippen molar-refractivity contribution in [3.63, 3.8) is 0 Å². The standard InChI is InChI=1S/C13H15NO4/c1-13(2,12(15)18-3)9-8-10-4-6-11(7-5-10)14(16)17/h4-9H,1-3H3. The summed E-state index contributed by atoms with van der Waals surface area (Å²) in [5.74, 6) is -0.333. The van der Waals surface area contributed by atoms with Crippen molar-refractivity contribution in [3.8, 4) is 0 Å². The molecule has 0 atom stereocenters. The Balaban J connectivity index is 2.85. The van der Waals surface area contributed by atoms with Gasteiger partial charge in [0.1, 0.15) is 0 Å². The SMILES string of the molecule is COC(=O)C(C)(C)C=Cc1ccc([N+](=O)[O-])cc1. The smallest absolute Gasteiger partial charge is 0.315 e. The molecule has 96 valence electrons. The van der Waals surface area contributed by atoms with Gasteiger partial charge in [-0.05, 0) is 31.5 Å². The zero-order valence-corrected chi connectivity index (χ0v) is 10.5. The lowest BCUT2D eigenvalue weighted by atomic mass is 9.92. The summed E-state index contributed by atoms with van der Waals surface area (Å²) >= 11 is 0. The van der Waals surface area contributed by atoms with Crippen LogP contribution in [0.25, 0.3) is 6.08 Å². The molecule has 0 spiro atoms. The summed E-state index contributed by atoms with van der Waals surface area (Å²) in [6.07, 6.45) is 3.45. The van der Waals surface area contributed by atoms with Gasteiger partial charge in [0.15, 0.2) is 0 Å². The summed E-state index contributed by atoms with van der Waals surface area (Å²) in [7, 11) is 1.34. The molecular weight excluding hydrogens is 234 g/mol. The van der Waals surface area contributed by atoms with E-state index in [-0.39, 0.29) is 11.7 Å². The van der Waals surface area contributed by atoms with Crippen LogP contribution in [0.4, 0.5) is 5.69 Å². The Bertz CT molecular complexity index is 474. The quantitative estimate of drug-likeness (QED) is 0.467. The molecule has 0 fully saturated rings. The largest absolute Gasteiger partial charge is 0.468 e. The fourth-order valence-electron chi connectivity index (χ4n) is 1.34. The van der Waals surface area contributed by atoms with E-state index in [1.165, 1.54) is 19.2 Å². The number of esters is 1. The van der Waals surface area contributed by atoms with Crippen molar-refractivity contribution in [3.05, 3.63) is 46.0 Å². The number of nitrogens with zero attached hydrogens (tertiary/aromatic N) is 1. The van der Waals surface area contributed by atoms with Crippen LogP contribution in [0.2, 0.25) is 0 Å². The van der Waals surface area contributed by atoms with Gasteiger partial charge in [-0.3, -0.25) is 14.9 Å². The van der Waals surface area contributed by atoms with Gasteiger partial charge in [0.2, 0.25) is 0 Å². The zero-order chi connectivity index (χ0) is 13.8. The van der Waals surface area contributed by atoms with Crippen LogP contribution in [0.15, 0.2) is 30.3 Å². The number of hydrogen-bond acceptors (Lipinski definition) is 4. The number of carbonyl (C=O) groups excluding carboxylic acids is 1. The predicted molar refractivity (Wildman–Crippen MR) is 67.9 cm³/mol. The van der Waals surface area contributed by atoms with Gasteiger partial charge in [-0.15, -0.1) is 0 Å². The fourth-order valence-corrected chi connectivity index (χ4v) is 1.34. The highest BCUT2D eigenvalue weighted by atomic mass is 16.6. The lowest BCUT2D eigenvalue weighted by Crippen LogP contribution is -2.22. The van der Waals surface area contributed by atoms with E-state index in [1.807, 2.05) is 0 Å². The Labute approximate surface area is 105 Å². The van der Waals surface area contributed by atoms with E-state index in [9.17, 15) is 14.9 Å². The molecular formula is C13H15NO4. The van der Waals surface area contributed by atoms with Crippen LogP contribution in [0.3, 0.4) is 0 Å². The van der Waals surface area contributed by atoms with Gasteiger partial charge in [0.05, 0.1) is 17.4 Å². The Hall–Kier alpha value is -2.17. The fraction of sp³-hybridized carbons (Fsp3) is 0.308. The molecule has 1 rings (SSSR count). The monoisotopic (exact) mass is 249 g/mol. The topological polar surface area (TPSA) is 69.4 Å². The van der Waals surface area contributed by atoms with E-state index in [4.69, 9.17) is 0 Å². The van der Waals surface area contributed by atoms with Crippen molar-refractivity contribution in [2.24, 2.45) is 5.41 Å². The van der Waals surface area contributed by atoms with E-state index < -0.39 is 10.3 Å². The average molecular weight is 249 g/mol. The molecule has 5 nitrogen and oxygen atoms in total. The van der Waals surface area contributed by atoms with Crippen LogP contribution < -0.4 is 0 Å². The molecule has 1 aromatic carbocycles. The third-order valence-corrected chi connectivity index (χ3v) is 2.51. The van der Waals surface area contributed by atoms with E-state index >= 15 is 0 Å². The average Bonchev–Trinajstić information content (AvgIpc) is 2.35. The van der Waals surface area contributed by atoms with E-state index in [0.29, 0.717) is 0 Å². The predicted octanol–water partition coefficient (Wildman–Crippen LogP) is 2.81. The summed E-state index contributed by atoms with van der Waals surface area (Å²) in [5, 5.41) is 10.5. The Morgan fingerprint density at radius 1 is 1.33 bits per heavy atom. The second-order valence-electron chi connectivity index (χ2n) is 4.40. The van der Waals surface area contributed by atoms with Crippen molar-refractivity contribution >= 4 is 17.7 Å². The van der Waals surface area contributed by atoms with Crippen molar-refractivity contribution < 1.29 is 14.5 Å². The van der Waals surface area contributed by atoms with Gasteiger partial charge in [-0.25, -0.2) is 0 Å². The molecule has 0 radical (unpaired) electrons. The second-order valence-corrected chi connectivity index (χ2v) is 4.40. The van der Waals surface area contributed by atoms with Crippen molar-refractivity contribution in [1.29, 1.82) is 0 Å². The first-order valence-electron chi connectivity index (χ1n) is 5.39. The van der Waals surface area contributed by atoms with Gasteiger partial charge in [-0.2, -0.15) is 0 Å². The van der Waals surface area contributed by atoms with Crippen molar-refractivity contribution in [2.75, 3.05) is 7.11 Å². The van der Waals surface area contributed by atoms with Gasteiger partial charge in [0.25, 0.3) is 5.69 Å². The number of nitro groups is 1. The van der Waals surface area contributed by atoms with E-state index in [1.54, 1.807) is 38.1 Å². The molecule has 0 aromatic heterocycles. The number of carbonyl (C=O) groups is 1. The highest BCUT2D eigenvalue weighted by Crippen LogP contribution is 2.21. The molecule has 0 N–H and O–H groups in total. The number of rotatable bonds is 4. The van der Waals surface area contributed by atoms with Gasteiger partial charge >= 0.3 is 5.97 Å². The molecule has 0 amide bonds. The Morgan fingerprint density at radius 2 is 1.89 bits per heavy atom. The number of hydrogen-bond donors (Lipinski definition) is 0. The first-order valence-corrected chi connectivity index (χ1v) is 5.39. The third kappa shape index (κ3) is 3.41. The summed E-state index contributed by atoms with van der Waals surface area (Å²) < 4.78 is 4.67. The Kier molecular flexibility index (Phi) is 4.20. The molecule has 0 unspecified atom stereocenters. The molecule has 1 aromatic rings. The maximum atomic E-state index is 11.4. The number of non-ortho nitro benzene ring substituents is 1. The lowest BCUT2D eigenvalue weighted by Gasteiger charge is -2.16. The molecule has 0 aliphatic rings. The number of ether oxygens (including phenoxy) is 1. The van der Waals surface area contributed by atoms with Crippen LogP contribution in [-0.2, 0) is 9.53 Å². The summed E-state index contributed by atoms with van der Waals surface area (Å²) in [6, 6.07) is 6.10. The second kappa shape index (κ2) is 5.44. The summed E-state index contributed by atoms with van der Waals surface area (Å²) in [6.45, 7) is 3.47. The van der Waals surface area contributed by atoms with E-state index in [2.05, 4.69) is 4.74 Å². The maximum Gasteiger partial charge on any atom is 0.315 e. The minimum Gasteiger partial charge on any atom is -0.468 e. The minimum atomic E-state index is -0.726. The molecule has 5 heteroatoms. The molecule has 0 saturated heterocycles. The first kappa shape index (κ1) is 13.9. The molecule has 18 heavy (non-hydrogen) atoms. The molecule has 0 aliphatic heterocycles. The van der Waals surface area contributed by atoms with Crippen LogP contribution in [0, 0.1) is 15.5 Å². The maximum absolute atomic E-state index is 11.4. The highest BCUT2D eigenvalue weighted by molar-refractivity contribution is 5.79. The minimum absolute atomic E-state index is 0.0411. The van der Waals surface area contributed by atoms with Crippen molar-refractivity contribution in [2.45, 2.75) is 13.8 Å². The Morgan fingerprint density at radius 3 is 2.33 bits per heavy atom. The van der Waals surface area contributed by atoms with Gasteiger partial charge in [-0.1, -0.05) is 12.2 Å². The summed E-state index contributed by atoms with van der Waals surface area (Å²) in [5.41, 5.74) is 0.105. The first-order chi connectivity index (χ1) is 8.36. The number of benzene rings is 1. The van der Waals surface area contributed by atoms with Crippen LogP contribution in [0.5, 0.6) is 0 Å². The van der Waals surface area contributed by atoms with Gasteiger partial charge in [0, 0.05) is 12.1 Å². The summed E-state index contributed by atoms with van der Waals surface area (Å²) in [4.78, 5) is 21.5. The normalized spacial score (nSPS) is 11.5. The van der Waals surface area contributed by atoms with Crippen LogP contribution in [0.1, 0.15) is 19.4 Å². The van der Waals surface area contributed by atoms with Crippen molar-refractivity contribution in [1.82, 2.24) is 0 Å². The molecule has 0 saturated carbocycles. The van der Waals surface area contributed by atoms with E-state index in [0.717, 1.165) is 5.56 Å². The molecule has 0 aliphatic carbocycles. The zero-order valence-electron chi connectivity index (χ0n) is 10.5. The lowest BCUT2D eigenvalue weighted by molar-refractivity contribution is -0.384. The molecule has 0 heterocycles. The molecule has 0 bridgehead atoms. The highest BCUT2D eigenvalue weighted by Gasteiger charge is 2.24.